The molecule has 29 heavy (non-hydrogen) atoms. The van der Waals surface area contributed by atoms with Gasteiger partial charge in [-0.1, -0.05) is 13.0 Å². The normalized spacial score (nSPS) is 14.1. The van der Waals surface area contributed by atoms with Crippen LogP contribution in [0.1, 0.15) is 41.4 Å². The molecule has 1 fully saturated rings. The monoisotopic (exact) mass is 395 g/mol. The highest BCUT2D eigenvalue weighted by atomic mass is 16.4. The minimum Gasteiger partial charge on any atom is -0.506 e. The van der Waals surface area contributed by atoms with Crippen LogP contribution in [0.15, 0.2) is 29.1 Å². The number of nitrogens with zero attached hydrogens (tertiary/aromatic N) is 2. The Morgan fingerprint density at radius 2 is 2.03 bits per heavy atom. The average molecular weight is 395 g/mol. The van der Waals surface area contributed by atoms with E-state index in [1.807, 2.05) is 32.2 Å². The fourth-order valence-electron chi connectivity index (χ4n) is 4.03. The number of carboxylic acid groups (broad SMARTS) is 1. The van der Waals surface area contributed by atoms with E-state index in [9.17, 15) is 19.8 Å². The Balaban J connectivity index is 1.80. The van der Waals surface area contributed by atoms with Crippen LogP contribution in [-0.4, -0.2) is 43.7 Å². The number of aromatic nitrogens is 2. The van der Waals surface area contributed by atoms with Crippen LogP contribution in [0.4, 0.5) is 0 Å². The molecule has 3 aromatic rings. The highest BCUT2D eigenvalue weighted by Gasteiger charge is 2.27. The number of rotatable bonds is 6. The van der Waals surface area contributed by atoms with Crippen molar-refractivity contribution in [1.82, 2.24) is 14.5 Å². The lowest BCUT2D eigenvalue weighted by Crippen LogP contribution is -2.21. The number of benzene rings is 1. The molecule has 3 N–H and O–H groups in total. The molecule has 7 heteroatoms. The summed E-state index contributed by atoms with van der Waals surface area (Å²) in [5.41, 5.74) is 2.50. The van der Waals surface area contributed by atoms with Crippen LogP contribution in [0.2, 0.25) is 0 Å². The second kappa shape index (κ2) is 7.08. The van der Waals surface area contributed by atoms with Gasteiger partial charge in [0, 0.05) is 41.8 Å². The summed E-state index contributed by atoms with van der Waals surface area (Å²) in [6.07, 6.45) is 2.91. The van der Waals surface area contributed by atoms with E-state index in [-0.39, 0.29) is 0 Å². The average Bonchev–Trinajstić information content (AvgIpc) is 3.47. The van der Waals surface area contributed by atoms with Gasteiger partial charge in [0.25, 0.3) is 5.56 Å². The highest BCUT2D eigenvalue weighted by molar-refractivity contribution is 5.92. The molecule has 0 saturated heterocycles. The van der Waals surface area contributed by atoms with Gasteiger partial charge in [0.05, 0.1) is 5.69 Å². The van der Waals surface area contributed by atoms with Gasteiger partial charge in [-0.05, 0) is 50.1 Å². The Kier molecular flexibility index (Phi) is 4.70. The topological polar surface area (TPSA) is 98.6 Å². The van der Waals surface area contributed by atoms with E-state index >= 15 is 0 Å². The van der Waals surface area contributed by atoms with Gasteiger partial charge >= 0.3 is 5.97 Å². The first-order valence-corrected chi connectivity index (χ1v) is 9.82. The van der Waals surface area contributed by atoms with Crippen molar-refractivity contribution in [3.63, 3.8) is 0 Å². The van der Waals surface area contributed by atoms with Gasteiger partial charge in [-0.3, -0.25) is 9.69 Å². The number of H-pyrrole nitrogens is 1. The van der Waals surface area contributed by atoms with E-state index in [0.717, 1.165) is 23.0 Å². The molecule has 1 aliphatic rings. The van der Waals surface area contributed by atoms with E-state index in [4.69, 9.17) is 0 Å². The molecular weight excluding hydrogens is 370 g/mol. The van der Waals surface area contributed by atoms with Crippen LogP contribution in [0, 0.1) is 0 Å². The van der Waals surface area contributed by atoms with Crippen molar-refractivity contribution in [1.29, 1.82) is 0 Å². The molecule has 4 rings (SSSR count). The van der Waals surface area contributed by atoms with Crippen molar-refractivity contribution in [2.24, 2.45) is 7.05 Å². The molecule has 7 nitrogen and oxygen atoms in total. The van der Waals surface area contributed by atoms with Crippen molar-refractivity contribution >= 4 is 16.9 Å². The molecule has 0 unspecified atom stereocenters. The maximum atomic E-state index is 12.3. The van der Waals surface area contributed by atoms with Gasteiger partial charge in [-0.2, -0.15) is 0 Å². The molecule has 2 aromatic heterocycles. The second-order valence-electron chi connectivity index (χ2n) is 7.80. The zero-order valence-electron chi connectivity index (χ0n) is 16.8. The molecule has 1 saturated carbocycles. The predicted octanol–water partition coefficient (Wildman–Crippen LogP) is 3.09. The van der Waals surface area contributed by atoms with E-state index in [2.05, 4.69) is 27.6 Å². The summed E-state index contributed by atoms with van der Waals surface area (Å²) in [6.45, 7) is 2.69. The van der Waals surface area contributed by atoms with Gasteiger partial charge in [-0.15, -0.1) is 0 Å². The van der Waals surface area contributed by atoms with Crippen molar-refractivity contribution < 1.29 is 15.0 Å². The SMILES string of the molecule is CCc1c(-c2ccc3c(c2)cc(CN(C)C2CC2)n3C)[nH]c(=O)c(C(=O)O)c1O. The molecule has 0 radical (unpaired) electrons. The Morgan fingerprint density at radius 1 is 1.31 bits per heavy atom. The molecular formula is C22H25N3O4. The summed E-state index contributed by atoms with van der Waals surface area (Å²) < 4.78 is 2.17. The van der Waals surface area contributed by atoms with Gasteiger partial charge in [0.1, 0.15) is 5.75 Å². The summed E-state index contributed by atoms with van der Waals surface area (Å²) in [5, 5.41) is 20.7. The number of nitrogens with one attached hydrogen (secondary N) is 1. The minimum absolute atomic E-state index is 0.391. The fourth-order valence-corrected chi connectivity index (χ4v) is 4.03. The summed E-state index contributed by atoms with van der Waals surface area (Å²) in [7, 11) is 4.19. The third-order valence-corrected chi connectivity index (χ3v) is 5.87. The number of pyridine rings is 1. The molecule has 0 aliphatic heterocycles. The number of aromatic hydroxyl groups is 1. The Morgan fingerprint density at radius 3 is 2.66 bits per heavy atom. The highest BCUT2D eigenvalue weighted by Crippen LogP contribution is 2.33. The first-order chi connectivity index (χ1) is 13.8. The summed E-state index contributed by atoms with van der Waals surface area (Å²) >= 11 is 0. The van der Waals surface area contributed by atoms with E-state index in [0.29, 0.717) is 23.7 Å². The number of aryl methyl sites for hydroxylation is 1. The molecule has 1 aromatic carbocycles. The summed E-state index contributed by atoms with van der Waals surface area (Å²) in [6, 6.07) is 8.68. The lowest BCUT2D eigenvalue weighted by atomic mass is 9.99. The molecule has 0 bridgehead atoms. The van der Waals surface area contributed by atoms with E-state index in [1.54, 1.807) is 0 Å². The third-order valence-electron chi connectivity index (χ3n) is 5.87. The Bertz CT molecular complexity index is 1170. The minimum atomic E-state index is -1.44. The van der Waals surface area contributed by atoms with Crippen LogP contribution in [0.25, 0.3) is 22.2 Å². The fraction of sp³-hybridized carbons (Fsp3) is 0.364. The smallest absolute Gasteiger partial charge is 0.345 e. The van der Waals surface area contributed by atoms with E-state index < -0.39 is 22.8 Å². The van der Waals surface area contributed by atoms with Gasteiger partial charge in [0.2, 0.25) is 0 Å². The van der Waals surface area contributed by atoms with Crippen molar-refractivity contribution in [2.75, 3.05) is 7.05 Å². The first-order valence-electron chi connectivity index (χ1n) is 9.82. The standard InChI is InChI=1S/C22H25N3O4/c1-4-16-19(23-21(27)18(20(16)26)22(28)29)12-5-8-17-13(9-12)10-15(25(17)3)11-24(2)14-6-7-14/h5,8-10,14H,4,6-7,11H2,1-3H3,(H,28,29)(H2,23,26,27). The summed E-state index contributed by atoms with van der Waals surface area (Å²) in [4.78, 5) is 28.6. The quantitative estimate of drug-likeness (QED) is 0.596. The van der Waals surface area contributed by atoms with Gasteiger partial charge < -0.3 is 19.8 Å². The molecule has 1 aliphatic carbocycles. The molecule has 152 valence electrons. The molecule has 2 heterocycles. The zero-order valence-corrected chi connectivity index (χ0v) is 16.8. The summed E-state index contributed by atoms with van der Waals surface area (Å²) in [5.74, 6) is -1.90. The van der Waals surface area contributed by atoms with Crippen LogP contribution >= 0.6 is 0 Å². The van der Waals surface area contributed by atoms with E-state index in [1.165, 1.54) is 18.5 Å². The number of hydrogen-bond acceptors (Lipinski definition) is 4. The van der Waals surface area contributed by atoms with Crippen molar-refractivity contribution in [2.45, 2.75) is 38.8 Å². The Hall–Kier alpha value is -3.06. The molecule has 0 amide bonds. The maximum Gasteiger partial charge on any atom is 0.345 e. The largest absolute Gasteiger partial charge is 0.506 e. The molecule has 0 atom stereocenters. The second-order valence-corrected chi connectivity index (χ2v) is 7.80. The van der Waals surface area contributed by atoms with Crippen LogP contribution in [0.5, 0.6) is 5.75 Å². The number of carbonyl (C=O) groups is 1. The van der Waals surface area contributed by atoms with Gasteiger partial charge in [-0.25, -0.2) is 4.79 Å². The van der Waals surface area contributed by atoms with Crippen molar-refractivity contribution in [3.05, 3.63) is 51.4 Å². The number of aromatic amines is 1. The van der Waals surface area contributed by atoms with Crippen LogP contribution in [-0.2, 0) is 20.0 Å². The van der Waals surface area contributed by atoms with Gasteiger partial charge in [0.15, 0.2) is 5.56 Å². The number of fused-ring (bicyclic) bond motifs is 1. The zero-order chi connectivity index (χ0) is 20.9. The van der Waals surface area contributed by atoms with Crippen LogP contribution < -0.4 is 5.56 Å². The number of carboxylic acids is 1. The number of aromatic carboxylic acids is 1. The van der Waals surface area contributed by atoms with Crippen LogP contribution in [0.3, 0.4) is 0 Å². The van der Waals surface area contributed by atoms with Crippen molar-refractivity contribution in [3.8, 4) is 17.0 Å². The lowest BCUT2D eigenvalue weighted by molar-refractivity contribution is 0.0691. The first kappa shape index (κ1) is 19.3. The Labute approximate surface area is 168 Å². The molecule has 0 spiro atoms. The maximum absolute atomic E-state index is 12.3. The number of hydrogen-bond donors (Lipinski definition) is 3. The predicted molar refractivity (Wildman–Crippen MR) is 111 cm³/mol. The third kappa shape index (κ3) is 3.31. The lowest BCUT2D eigenvalue weighted by Gasteiger charge is -2.16.